The lowest BCUT2D eigenvalue weighted by atomic mass is 10.2. The second-order valence-corrected chi connectivity index (χ2v) is 5.64. The van der Waals surface area contributed by atoms with E-state index in [1.165, 1.54) is 5.69 Å². The number of benzene rings is 1. The van der Waals surface area contributed by atoms with Crippen LogP contribution in [-0.2, 0) is 6.54 Å². The molecule has 128 valence electrons. The van der Waals surface area contributed by atoms with Crippen molar-refractivity contribution in [2.75, 3.05) is 32.1 Å². The van der Waals surface area contributed by atoms with Gasteiger partial charge in [0.25, 0.3) is 0 Å². The van der Waals surface area contributed by atoms with Crippen molar-refractivity contribution < 1.29 is 0 Å². The fourth-order valence-electron chi connectivity index (χ4n) is 2.39. The highest BCUT2D eigenvalue weighted by Crippen LogP contribution is 2.11. The molecule has 24 heavy (non-hydrogen) atoms. The summed E-state index contributed by atoms with van der Waals surface area (Å²) in [7, 11) is 3.92. The number of anilines is 1. The molecule has 0 aliphatic heterocycles. The zero-order valence-corrected chi connectivity index (χ0v) is 14.6. The largest absolute Gasteiger partial charge is 0.375 e. The van der Waals surface area contributed by atoms with Crippen molar-refractivity contribution in [3.63, 3.8) is 0 Å². The van der Waals surface area contributed by atoms with Crippen molar-refractivity contribution in [1.82, 2.24) is 15.6 Å². The summed E-state index contributed by atoms with van der Waals surface area (Å²) in [5, 5.41) is 6.62. The van der Waals surface area contributed by atoms with Gasteiger partial charge < -0.3 is 15.5 Å². The van der Waals surface area contributed by atoms with Crippen LogP contribution in [0.25, 0.3) is 0 Å². The summed E-state index contributed by atoms with van der Waals surface area (Å²) < 4.78 is 0. The van der Waals surface area contributed by atoms with Crippen LogP contribution in [0.2, 0.25) is 0 Å². The number of unbranched alkanes of at least 4 members (excludes halogenated alkanes) is 1. The quantitative estimate of drug-likeness (QED) is 0.445. The van der Waals surface area contributed by atoms with Crippen molar-refractivity contribution in [2.45, 2.75) is 19.4 Å². The smallest absolute Gasteiger partial charge is 0.191 e. The van der Waals surface area contributed by atoms with E-state index >= 15 is 0 Å². The van der Waals surface area contributed by atoms with E-state index in [1.807, 2.05) is 24.3 Å². The lowest BCUT2D eigenvalue weighted by Gasteiger charge is -2.19. The zero-order valence-electron chi connectivity index (χ0n) is 14.6. The van der Waals surface area contributed by atoms with E-state index < -0.39 is 0 Å². The van der Waals surface area contributed by atoms with Crippen LogP contribution in [-0.4, -0.2) is 38.1 Å². The summed E-state index contributed by atoms with van der Waals surface area (Å²) in [5.74, 6) is 0.817. The number of hydrogen-bond acceptors (Lipinski definition) is 3. The van der Waals surface area contributed by atoms with Gasteiger partial charge in [0.1, 0.15) is 0 Å². The third-order valence-corrected chi connectivity index (χ3v) is 3.80. The number of aliphatic imine (C=N–C) groups is 1. The van der Waals surface area contributed by atoms with Gasteiger partial charge in [-0.25, -0.2) is 0 Å². The molecule has 0 radical (unpaired) electrons. The lowest BCUT2D eigenvalue weighted by Crippen LogP contribution is -2.37. The number of nitrogens with one attached hydrogen (secondary N) is 2. The van der Waals surface area contributed by atoms with Gasteiger partial charge in [-0.2, -0.15) is 0 Å². The maximum atomic E-state index is 4.29. The zero-order chi connectivity index (χ0) is 17.0. The maximum absolute atomic E-state index is 4.29. The first-order valence-electron chi connectivity index (χ1n) is 8.40. The van der Waals surface area contributed by atoms with Gasteiger partial charge >= 0.3 is 0 Å². The molecule has 2 aromatic rings. The standard InChI is InChI=1S/C19H27N5/c1-20-19(23-16-17-10-6-7-13-21-17)22-14-8-9-15-24(2)18-11-4-3-5-12-18/h3-7,10-13H,8-9,14-16H2,1-2H3,(H2,20,22,23). The summed E-state index contributed by atoms with van der Waals surface area (Å²) in [4.78, 5) is 10.8. The normalized spacial score (nSPS) is 11.2. The molecule has 1 aromatic carbocycles. The van der Waals surface area contributed by atoms with E-state index in [2.05, 4.69) is 56.8 Å². The molecule has 0 saturated carbocycles. The number of aromatic nitrogens is 1. The Balaban J connectivity index is 1.60. The highest BCUT2D eigenvalue weighted by molar-refractivity contribution is 5.79. The number of pyridine rings is 1. The fraction of sp³-hybridized carbons (Fsp3) is 0.368. The molecule has 0 amide bonds. The molecule has 0 bridgehead atoms. The molecule has 0 unspecified atom stereocenters. The maximum Gasteiger partial charge on any atom is 0.191 e. The van der Waals surface area contributed by atoms with Crippen LogP contribution in [0, 0.1) is 0 Å². The first-order valence-corrected chi connectivity index (χ1v) is 8.40. The Kier molecular flexibility index (Phi) is 7.60. The molecule has 5 heteroatoms. The van der Waals surface area contributed by atoms with Gasteiger partial charge in [-0.3, -0.25) is 9.98 Å². The molecular formula is C19H27N5. The van der Waals surface area contributed by atoms with Crippen molar-refractivity contribution >= 4 is 11.6 Å². The van der Waals surface area contributed by atoms with Crippen molar-refractivity contribution in [3.8, 4) is 0 Å². The summed E-state index contributed by atoms with van der Waals surface area (Å²) in [6, 6.07) is 16.4. The third-order valence-electron chi connectivity index (χ3n) is 3.80. The minimum Gasteiger partial charge on any atom is -0.375 e. The monoisotopic (exact) mass is 325 g/mol. The number of guanidine groups is 1. The number of nitrogens with zero attached hydrogens (tertiary/aromatic N) is 3. The Morgan fingerprint density at radius 2 is 1.83 bits per heavy atom. The lowest BCUT2D eigenvalue weighted by molar-refractivity contribution is 0.685. The van der Waals surface area contributed by atoms with Crippen LogP contribution in [0.1, 0.15) is 18.5 Å². The predicted octanol–water partition coefficient (Wildman–Crippen LogP) is 2.66. The topological polar surface area (TPSA) is 52.6 Å². The van der Waals surface area contributed by atoms with E-state index in [1.54, 1.807) is 13.2 Å². The Hall–Kier alpha value is -2.56. The van der Waals surface area contributed by atoms with E-state index in [9.17, 15) is 0 Å². The van der Waals surface area contributed by atoms with Crippen molar-refractivity contribution in [2.24, 2.45) is 4.99 Å². The molecule has 2 N–H and O–H groups in total. The Morgan fingerprint density at radius 1 is 1.04 bits per heavy atom. The van der Waals surface area contributed by atoms with Gasteiger partial charge in [-0.15, -0.1) is 0 Å². The molecule has 0 saturated heterocycles. The van der Waals surface area contributed by atoms with Crippen LogP contribution >= 0.6 is 0 Å². The molecule has 2 rings (SSSR count). The van der Waals surface area contributed by atoms with Crippen molar-refractivity contribution in [1.29, 1.82) is 0 Å². The Morgan fingerprint density at radius 3 is 2.54 bits per heavy atom. The van der Waals surface area contributed by atoms with E-state index in [4.69, 9.17) is 0 Å². The SMILES string of the molecule is CN=C(NCCCCN(C)c1ccccc1)NCc1ccccn1. The second-order valence-electron chi connectivity index (χ2n) is 5.64. The van der Waals surface area contributed by atoms with E-state index in [-0.39, 0.29) is 0 Å². The van der Waals surface area contributed by atoms with Crippen LogP contribution in [0.15, 0.2) is 59.7 Å². The Bertz CT molecular complexity index is 598. The van der Waals surface area contributed by atoms with Gasteiger partial charge in [-0.1, -0.05) is 24.3 Å². The highest BCUT2D eigenvalue weighted by atomic mass is 15.2. The summed E-state index contributed by atoms with van der Waals surface area (Å²) in [6.07, 6.45) is 4.04. The average Bonchev–Trinajstić information content (AvgIpc) is 2.65. The molecule has 0 aliphatic rings. The molecule has 0 spiro atoms. The minimum absolute atomic E-state index is 0.678. The van der Waals surface area contributed by atoms with Crippen LogP contribution < -0.4 is 15.5 Å². The van der Waals surface area contributed by atoms with Gasteiger partial charge in [0.2, 0.25) is 0 Å². The van der Waals surface area contributed by atoms with E-state index in [0.717, 1.165) is 37.6 Å². The van der Waals surface area contributed by atoms with Crippen LogP contribution in [0.5, 0.6) is 0 Å². The van der Waals surface area contributed by atoms with Gasteiger partial charge in [0.05, 0.1) is 12.2 Å². The minimum atomic E-state index is 0.678. The molecule has 5 nitrogen and oxygen atoms in total. The second kappa shape index (κ2) is 10.3. The van der Waals surface area contributed by atoms with Gasteiger partial charge in [0, 0.05) is 39.1 Å². The fourth-order valence-corrected chi connectivity index (χ4v) is 2.39. The summed E-state index contributed by atoms with van der Waals surface area (Å²) in [5.41, 5.74) is 2.27. The predicted molar refractivity (Wildman–Crippen MR) is 101 cm³/mol. The molecule has 0 atom stereocenters. The third kappa shape index (κ3) is 6.28. The van der Waals surface area contributed by atoms with Crippen molar-refractivity contribution in [3.05, 3.63) is 60.4 Å². The van der Waals surface area contributed by atoms with E-state index in [0.29, 0.717) is 6.54 Å². The van der Waals surface area contributed by atoms with Crippen LogP contribution in [0.3, 0.4) is 0 Å². The average molecular weight is 325 g/mol. The first kappa shape index (κ1) is 17.8. The number of para-hydroxylation sites is 1. The molecular weight excluding hydrogens is 298 g/mol. The van der Waals surface area contributed by atoms with Gasteiger partial charge in [0.15, 0.2) is 5.96 Å². The summed E-state index contributed by atoms with van der Waals surface area (Å²) in [6.45, 7) is 2.63. The molecule has 1 heterocycles. The number of rotatable bonds is 8. The highest BCUT2D eigenvalue weighted by Gasteiger charge is 2.01. The molecule has 0 fully saturated rings. The first-order chi connectivity index (χ1) is 11.8. The van der Waals surface area contributed by atoms with Gasteiger partial charge in [-0.05, 0) is 37.1 Å². The molecule has 0 aliphatic carbocycles. The summed E-state index contributed by atoms with van der Waals surface area (Å²) >= 11 is 0. The molecule has 1 aromatic heterocycles. The van der Waals surface area contributed by atoms with Crippen LogP contribution in [0.4, 0.5) is 5.69 Å². The number of hydrogen-bond donors (Lipinski definition) is 2. The Labute approximate surface area is 144 Å².